The van der Waals surface area contributed by atoms with E-state index in [0.29, 0.717) is 27.6 Å². The molecule has 0 radical (unpaired) electrons. The highest BCUT2D eigenvalue weighted by Gasteiger charge is 2.35. The number of nitrogens with zero attached hydrogens (tertiary/aromatic N) is 1. The van der Waals surface area contributed by atoms with E-state index in [-0.39, 0.29) is 17.6 Å². The van der Waals surface area contributed by atoms with Crippen molar-refractivity contribution in [2.24, 2.45) is 0 Å². The Morgan fingerprint density at radius 1 is 1.03 bits per heavy atom. The molecule has 35 heavy (non-hydrogen) atoms. The number of nitrogens with one attached hydrogen (secondary N) is 3. The van der Waals surface area contributed by atoms with Gasteiger partial charge in [0.1, 0.15) is 0 Å². The summed E-state index contributed by atoms with van der Waals surface area (Å²) in [6.45, 7) is 3.76. The van der Waals surface area contributed by atoms with Crippen molar-refractivity contribution >= 4 is 46.3 Å². The molecule has 3 aromatic rings. The maximum absolute atomic E-state index is 13.5. The van der Waals surface area contributed by atoms with Crippen LogP contribution in [0.5, 0.6) is 0 Å². The summed E-state index contributed by atoms with van der Waals surface area (Å²) in [4.78, 5) is 26.9. The molecule has 2 heterocycles. The third-order valence-electron chi connectivity index (χ3n) is 5.52. The molecule has 0 spiro atoms. The van der Waals surface area contributed by atoms with E-state index >= 15 is 0 Å². The van der Waals surface area contributed by atoms with E-state index in [2.05, 4.69) is 22.0 Å². The number of carbonyl (C=O) groups is 2. The first-order valence-corrected chi connectivity index (χ1v) is 12.8. The fourth-order valence-electron chi connectivity index (χ4n) is 3.83. The van der Waals surface area contributed by atoms with Crippen LogP contribution in [0.4, 0.5) is 11.4 Å². The van der Waals surface area contributed by atoms with Crippen LogP contribution < -0.4 is 16.0 Å². The smallest absolute Gasteiger partial charge is 0.254 e. The molecule has 176 valence electrons. The largest absolute Gasteiger partial charge is 0.353 e. The monoisotopic (exact) mass is 500 g/mol. The number of hydrogen-bond acceptors (Lipinski definition) is 6. The topological polar surface area (TPSA) is 94.0 Å². The number of rotatable bonds is 7. The van der Waals surface area contributed by atoms with Gasteiger partial charge in [-0.05, 0) is 49.1 Å². The van der Waals surface area contributed by atoms with Crippen molar-refractivity contribution < 1.29 is 9.59 Å². The Morgan fingerprint density at radius 3 is 2.46 bits per heavy atom. The van der Waals surface area contributed by atoms with E-state index in [9.17, 15) is 14.9 Å². The van der Waals surface area contributed by atoms with Crippen LogP contribution >= 0.6 is 23.1 Å². The van der Waals surface area contributed by atoms with Crippen LogP contribution in [0.25, 0.3) is 0 Å². The number of dihydropyridines is 1. The van der Waals surface area contributed by atoms with Gasteiger partial charge in [-0.2, -0.15) is 5.26 Å². The molecular formula is C27H24N4O2S2. The van der Waals surface area contributed by atoms with Crippen LogP contribution in [-0.2, 0) is 9.59 Å². The highest BCUT2D eigenvalue weighted by Crippen LogP contribution is 2.42. The zero-order valence-electron chi connectivity index (χ0n) is 19.3. The predicted octanol–water partition coefficient (Wildman–Crippen LogP) is 5.76. The second-order valence-corrected chi connectivity index (χ2v) is 9.90. The maximum atomic E-state index is 13.5. The molecule has 1 atom stereocenters. The fraction of sp³-hybridized carbons (Fsp3) is 0.148. The van der Waals surface area contributed by atoms with E-state index in [1.54, 1.807) is 0 Å². The summed E-state index contributed by atoms with van der Waals surface area (Å²) in [6.07, 6.45) is 0. The summed E-state index contributed by atoms with van der Waals surface area (Å²) < 4.78 is 0. The lowest BCUT2D eigenvalue weighted by molar-refractivity contribution is -0.114. The van der Waals surface area contributed by atoms with Crippen LogP contribution in [0, 0.1) is 18.3 Å². The average molecular weight is 501 g/mol. The molecule has 2 aromatic carbocycles. The van der Waals surface area contributed by atoms with Crippen LogP contribution in [0.15, 0.2) is 94.0 Å². The van der Waals surface area contributed by atoms with Crippen molar-refractivity contribution in [2.45, 2.75) is 19.8 Å². The van der Waals surface area contributed by atoms with Crippen molar-refractivity contribution in [2.75, 3.05) is 16.4 Å². The van der Waals surface area contributed by atoms with Crippen molar-refractivity contribution in [1.82, 2.24) is 5.32 Å². The molecule has 6 nitrogen and oxygen atoms in total. The first-order chi connectivity index (χ1) is 17.0. The first kappa shape index (κ1) is 24.3. The van der Waals surface area contributed by atoms with E-state index in [4.69, 9.17) is 0 Å². The van der Waals surface area contributed by atoms with Gasteiger partial charge in [-0.25, -0.2) is 0 Å². The van der Waals surface area contributed by atoms with Crippen LogP contribution in [-0.4, -0.2) is 17.6 Å². The highest BCUT2D eigenvalue weighted by atomic mass is 32.2. The molecule has 1 aromatic heterocycles. The maximum Gasteiger partial charge on any atom is 0.254 e. The number of benzene rings is 2. The zero-order valence-corrected chi connectivity index (χ0v) is 20.9. The number of thioether (sulfide) groups is 1. The molecule has 0 aliphatic carbocycles. The summed E-state index contributed by atoms with van der Waals surface area (Å²) in [5.41, 5.74) is 3.96. The van der Waals surface area contributed by atoms with Crippen molar-refractivity contribution in [1.29, 1.82) is 5.26 Å². The second kappa shape index (κ2) is 11.1. The third-order valence-corrected chi connectivity index (χ3v) is 7.47. The summed E-state index contributed by atoms with van der Waals surface area (Å²) in [5, 5.41) is 21.7. The number of anilines is 2. The number of allylic oxidation sites excluding steroid dienone is 2. The Hall–Kier alpha value is -3.80. The van der Waals surface area contributed by atoms with Gasteiger partial charge < -0.3 is 16.0 Å². The summed E-state index contributed by atoms with van der Waals surface area (Å²) in [6, 6.07) is 22.9. The van der Waals surface area contributed by atoms with Gasteiger partial charge in [0.15, 0.2) is 0 Å². The van der Waals surface area contributed by atoms with Gasteiger partial charge in [0.25, 0.3) is 5.91 Å². The van der Waals surface area contributed by atoms with E-state index in [0.717, 1.165) is 16.1 Å². The lowest BCUT2D eigenvalue weighted by Gasteiger charge is -2.29. The molecule has 1 aliphatic heterocycles. The number of thiophene rings is 1. The number of aryl methyl sites for hydroxylation is 1. The molecule has 0 saturated carbocycles. The quantitative estimate of drug-likeness (QED) is 0.383. The Morgan fingerprint density at radius 2 is 1.77 bits per heavy atom. The summed E-state index contributed by atoms with van der Waals surface area (Å²) >= 11 is 2.75. The molecule has 3 N–H and O–H groups in total. The standard InChI is InChI=1S/C27H24N4O2S2/c1-17-9-6-7-12-21(17)31-26(33)24-18(2)29-27(20(15-28)25(24)22-13-8-14-34-22)35-16-23(32)30-19-10-4-3-5-11-19/h3-14,25,29H,16H2,1-2H3,(H,30,32)(H,31,33)/t25-/m1/s1. The molecular weight excluding hydrogens is 476 g/mol. The normalized spacial score (nSPS) is 15.3. The lowest BCUT2D eigenvalue weighted by atomic mass is 9.86. The molecule has 0 fully saturated rings. The first-order valence-electron chi connectivity index (χ1n) is 11.0. The summed E-state index contributed by atoms with van der Waals surface area (Å²) in [5.74, 6) is -0.839. The predicted molar refractivity (Wildman–Crippen MR) is 143 cm³/mol. The molecule has 0 bridgehead atoms. The Labute approximate surface area is 212 Å². The van der Waals surface area contributed by atoms with Crippen molar-refractivity contribution in [3.05, 3.63) is 104 Å². The van der Waals surface area contributed by atoms with E-state index in [1.807, 2.05) is 86.0 Å². The molecule has 4 rings (SSSR count). The fourth-order valence-corrected chi connectivity index (χ4v) is 5.56. The number of nitriles is 1. The number of hydrogen-bond donors (Lipinski definition) is 3. The van der Waals surface area contributed by atoms with Crippen LogP contribution in [0.2, 0.25) is 0 Å². The number of amides is 2. The zero-order chi connectivity index (χ0) is 24.8. The van der Waals surface area contributed by atoms with Crippen LogP contribution in [0.3, 0.4) is 0 Å². The molecule has 8 heteroatoms. The second-order valence-electron chi connectivity index (χ2n) is 7.94. The van der Waals surface area contributed by atoms with Gasteiger partial charge in [-0.1, -0.05) is 54.2 Å². The number of para-hydroxylation sites is 2. The minimum atomic E-state index is -0.523. The molecule has 2 amide bonds. The lowest BCUT2D eigenvalue weighted by Crippen LogP contribution is -2.31. The van der Waals surface area contributed by atoms with Gasteiger partial charge in [0.2, 0.25) is 5.91 Å². The average Bonchev–Trinajstić information content (AvgIpc) is 3.39. The van der Waals surface area contributed by atoms with Gasteiger partial charge in [0.05, 0.1) is 28.3 Å². The Bertz CT molecular complexity index is 1340. The molecule has 0 unspecified atom stereocenters. The van der Waals surface area contributed by atoms with Gasteiger partial charge >= 0.3 is 0 Å². The van der Waals surface area contributed by atoms with E-state index in [1.165, 1.54) is 23.1 Å². The minimum Gasteiger partial charge on any atom is -0.353 e. The molecule has 0 saturated heterocycles. The Balaban J connectivity index is 1.60. The number of carbonyl (C=O) groups excluding carboxylic acids is 2. The Kier molecular flexibility index (Phi) is 7.70. The van der Waals surface area contributed by atoms with Gasteiger partial charge in [-0.3, -0.25) is 9.59 Å². The molecule has 1 aliphatic rings. The SMILES string of the molecule is CC1=C(C(=O)Nc2ccccc2C)[C@@H](c2cccs2)C(C#N)=C(SCC(=O)Nc2ccccc2)N1. The van der Waals surface area contributed by atoms with Crippen molar-refractivity contribution in [3.8, 4) is 6.07 Å². The highest BCUT2D eigenvalue weighted by molar-refractivity contribution is 8.03. The van der Waals surface area contributed by atoms with Crippen molar-refractivity contribution in [3.63, 3.8) is 0 Å². The van der Waals surface area contributed by atoms with Gasteiger partial charge in [-0.15, -0.1) is 11.3 Å². The van der Waals surface area contributed by atoms with E-state index < -0.39 is 5.92 Å². The summed E-state index contributed by atoms with van der Waals surface area (Å²) in [7, 11) is 0. The minimum absolute atomic E-state index is 0.123. The van der Waals surface area contributed by atoms with Gasteiger partial charge in [0, 0.05) is 27.5 Å². The van der Waals surface area contributed by atoms with Crippen LogP contribution in [0.1, 0.15) is 23.3 Å². The third kappa shape index (κ3) is 5.65.